The van der Waals surface area contributed by atoms with E-state index < -0.39 is 6.92 Å². The van der Waals surface area contributed by atoms with Crippen molar-refractivity contribution in [3.63, 3.8) is 0 Å². The maximum atomic E-state index is 9.48. The van der Waals surface area contributed by atoms with Gasteiger partial charge in [0.05, 0.1) is 10.0 Å². The first-order valence-electron chi connectivity index (χ1n) is 4.91. The number of hydrogen-bond donors (Lipinski definition) is 1. The molecule has 0 aliphatic rings. The summed E-state index contributed by atoms with van der Waals surface area (Å²) in [5, 5.41) is 10.5. The Morgan fingerprint density at radius 1 is 1.13 bits per heavy atom. The molecule has 0 aromatic heterocycles. The van der Waals surface area contributed by atoms with Crippen LogP contribution in [0.15, 0.2) is 12.1 Å². The molecule has 0 saturated heterocycles. The summed E-state index contributed by atoms with van der Waals surface area (Å²) >= 11 is 12.3. The molecule has 0 unspecified atom stereocenters. The van der Waals surface area contributed by atoms with E-state index in [0.29, 0.717) is 15.5 Å². The van der Waals surface area contributed by atoms with Crippen molar-refractivity contribution in [2.75, 3.05) is 0 Å². The van der Waals surface area contributed by atoms with Gasteiger partial charge in [0.15, 0.2) is 0 Å². The minimum atomic E-state index is -0.594. The summed E-state index contributed by atoms with van der Waals surface area (Å²) in [5.41, 5.74) is 1.63. The van der Waals surface area contributed by atoms with Crippen LogP contribution in [0.5, 0.6) is 0 Å². The fourth-order valence-electron chi connectivity index (χ4n) is 1.47. The Kier molecular flexibility index (Phi) is 3.75. The SMILES string of the molecule is CB(O)c1ccc(C(C)(C)C)c(Cl)c1Cl. The number of halogens is 2. The van der Waals surface area contributed by atoms with E-state index in [4.69, 9.17) is 23.2 Å². The van der Waals surface area contributed by atoms with Crippen LogP contribution >= 0.6 is 23.2 Å². The van der Waals surface area contributed by atoms with E-state index in [1.54, 1.807) is 6.82 Å². The lowest BCUT2D eigenvalue weighted by atomic mass is 9.64. The molecule has 0 spiro atoms. The van der Waals surface area contributed by atoms with E-state index in [2.05, 4.69) is 20.8 Å². The van der Waals surface area contributed by atoms with Crippen LogP contribution in [0.2, 0.25) is 16.9 Å². The highest BCUT2D eigenvalue weighted by Crippen LogP contribution is 2.33. The molecule has 1 aromatic rings. The summed E-state index contributed by atoms with van der Waals surface area (Å²) in [6.07, 6.45) is 0. The van der Waals surface area contributed by atoms with E-state index in [1.165, 1.54) is 0 Å². The third-order valence-corrected chi connectivity index (χ3v) is 3.27. The number of hydrogen-bond acceptors (Lipinski definition) is 1. The third-order valence-electron chi connectivity index (χ3n) is 2.37. The maximum absolute atomic E-state index is 9.48. The molecule has 0 radical (unpaired) electrons. The smallest absolute Gasteiger partial charge is 0.321 e. The topological polar surface area (TPSA) is 20.2 Å². The Labute approximate surface area is 102 Å². The molecule has 0 bridgehead atoms. The molecule has 0 fully saturated rings. The van der Waals surface area contributed by atoms with Crippen LogP contribution in [0.1, 0.15) is 26.3 Å². The Hall–Kier alpha value is -0.175. The Morgan fingerprint density at radius 2 is 1.67 bits per heavy atom. The summed E-state index contributed by atoms with van der Waals surface area (Å²) in [6, 6.07) is 3.76. The summed E-state index contributed by atoms with van der Waals surface area (Å²) in [4.78, 5) is 0. The molecule has 1 N–H and O–H groups in total. The van der Waals surface area contributed by atoms with Gasteiger partial charge in [0, 0.05) is 0 Å². The van der Waals surface area contributed by atoms with Crippen LogP contribution in [0.25, 0.3) is 0 Å². The van der Waals surface area contributed by atoms with Crippen molar-refractivity contribution in [2.24, 2.45) is 0 Å². The van der Waals surface area contributed by atoms with Crippen LogP contribution in [0, 0.1) is 0 Å². The van der Waals surface area contributed by atoms with Crippen molar-refractivity contribution in [3.05, 3.63) is 27.7 Å². The molecule has 0 amide bonds. The fraction of sp³-hybridized carbons (Fsp3) is 0.455. The number of rotatable bonds is 1. The van der Waals surface area contributed by atoms with Crippen LogP contribution in [-0.2, 0) is 5.41 Å². The zero-order chi connectivity index (χ0) is 11.8. The quantitative estimate of drug-likeness (QED) is 0.753. The predicted molar refractivity (Wildman–Crippen MR) is 68.6 cm³/mol. The van der Waals surface area contributed by atoms with Crippen LogP contribution in [-0.4, -0.2) is 11.9 Å². The Morgan fingerprint density at radius 3 is 2.07 bits per heavy atom. The molecule has 1 aromatic carbocycles. The molecular weight excluding hydrogens is 230 g/mol. The lowest BCUT2D eigenvalue weighted by molar-refractivity contribution is 0.588. The summed E-state index contributed by atoms with van der Waals surface area (Å²) < 4.78 is 0. The van der Waals surface area contributed by atoms with Gasteiger partial charge in [0.25, 0.3) is 0 Å². The summed E-state index contributed by atoms with van der Waals surface area (Å²) in [7, 11) is 0. The highest BCUT2D eigenvalue weighted by Gasteiger charge is 2.22. The normalized spacial score (nSPS) is 11.7. The lowest BCUT2D eigenvalue weighted by Gasteiger charge is -2.22. The molecule has 15 heavy (non-hydrogen) atoms. The van der Waals surface area contributed by atoms with Crippen molar-refractivity contribution >= 4 is 35.6 Å². The van der Waals surface area contributed by atoms with Gasteiger partial charge in [-0.3, -0.25) is 0 Å². The molecule has 0 saturated carbocycles. The van der Waals surface area contributed by atoms with E-state index in [1.807, 2.05) is 12.1 Å². The zero-order valence-corrected chi connectivity index (χ0v) is 10.9. The molecular formula is C11H15BCl2O. The first kappa shape index (κ1) is 12.9. The van der Waals surface area contributed by atoms with Gasteiger partial charge in [-0.15, -0.1) is 0 Å². The second-order valence-electron chi connectivity index (χ2n) is 4.76. The van der Waals surface area contributed by atoms with Gasteiger partial charge in [0.2, 0.25) is 0 Å². The first-order valence-corrected chi connectivity index (χ1v) is 5.67. The molecule has 82 valence electrons. The van der Waals surface area contributed by atoms with E-state index >= 15 is 0 Å². The van der Waals surface area contributed by atoms with Crippen LogP contribution < -0.4 is 5.46 Å². The van der Waals surface area contributed by atoms with Gasteiger partial charge < -0.3 is 5.02 Å². The maximum Gasteiger partial charge on any atom is 0.321 e. The van der Waals surface area contributed by atoms with E-state index in [9.17, 15) is 5.02 Å². The van der Waals surface area contributed by atoms with Crippen molar-refractivity contribution in [1.82, 2.24) is 0 Å². The Bertz CT molecular complexity index is 370. The highest BCUT2D eigenvalue weighted by molar-refractivity contribution is 6.68. The van der Waals surface area contributed by atoms with Gasteiger partial charge in [-0.2, -0.15) is 0 Å². The second kappa shape index (κ2) is 4.36. The number of benzene rings is 1. The summed E-state index contributed by atoms with van der Waals surface area (Å²) in [6.45, 7) is 7.31. The van der Waals surface area contributed by atoms with E-state index in [-0.39, 0.29) is 5.41 Å². The molecule has 1 rings (SSSR count). The van der Waals surface area contributed by atoms with Crippen molar-refractivity contribution in [1.29, 1.82) is 0 Å². The van der Waals surface area contributed by atoms with Crippen molar-refractivity contribution in [2.45, 2.75) is 33.0 Å². The average molecular weight is 245 g/mol. The molecule has 1 nitrogen and oxygen atoms in total. The predicted octanol–water partition coefficient (Wildman–Crippen LogP) is 3.11. The Balaban J connectivity index is 3.34. The first-order chi connectivity index (χ1) is 6.75. The van der Waals surface area contributed by atoms with Crippen molar-refractivity contribution in [3.8, 4) is 0 Å². The molecule has 0 atom stereocenters. The minimum absolute atomic E-state index is 0.0437. The zero-order valence-electron chi connectivity index (χ0n) is 9.44. The standard InChI is InChI=1S/C11H15BCl2O/c1-11(2,3)7-5-6-8(12(4)15)10(14)9(7)13/h5-6,15H,1-4H3. The average Bonchev–Trinajstić information content (AvgIpc) is 2.06. The van der Waals surface area contributed by atoms with Gasteiger partial charge in [-0.1, -0.05) is 62.9 Å². The second-order valence-corrected chi connectivity index (χ2v) is 5.51. The largest absolute Gasteiger partial charge is 0.446 e. The van der Waals surface area contributed by atoms with Crippen LogP contribution in [0.4, 0.5) is 0 Å². The van der Waals surface area contributed by atoms with Gasteiger partial charge in [-0.25, -0.2) is 0 Å². The van der Waals surface area contributed by atoms with Crippen molar-refractivity contribution < 1.29 is 5.02 Å². The van der Waals surface area contributed by atoms with Crippen LogP contribution in [0.3, 0.4) is 0 Å². The minimum Gasteiger partial charge on any atom is -0.446 e. The highest BCUT2D eigenvalue weighted by atomic mass is 35.5. The molecule has 0 aliphatic heterocycles. The molecule has 0 aliphatic carbocycles. The summed E-state index contributed by atoms with van der Waals surface area (Å²) in [5.74, 6) is 0. The van der Waals surface area contributed by atoms with Gasteiger partial charge >= 0.3 is 6.92 Å². The van der Waals surface area contributed by atoms with E-state index in [0.717, 1.165) is 5.56 Å². The third kappa shape index (κ3) is 2.69. The van der Waals surface area contributed by atoms with Gasteiger partial charge in [-0.05, 0) is 16.4 Å². The monoisotopic (exact) mass is 244 g/mol. The molecule has 4 heteroatoms. The lowest BCUT2D eigenvalue weighted by Crippen LogP contribution is -2.28. The van der Waals surface area contributed by atoms with Gasteiger partial charge in [0.1, 0.15) is 0 Å². The fourth-order valence-corrected chi connectivity index (χ4v) is 2.24. The molecule has 0 heterocycles.